The van der Waals surface area contributed by atoms with Crippen LogP contribution in [0.3, 0.4) is 0 Å². The van der Waals surface area contributed by atoms with Crippen LogP contribution >= 0.6 is 34.2 Å². The molecular weight excluding hydrogens is 406 g/mol. The van der Waals surface area contributed by atoms with Crippen LogP contribution in [0.25, 0.3) is 11.0 Å². The van der Waals surface area contributed by atoms with Gasteiger partial charge in [-0.3, -0.25) is 0 Å². The van der Waals surface area contributed by atoms with Crippen LogP contribution in [0.15, 0.2) is 12.1 Å². The molecule has 3 rings (SSSR count). The molecule has 1 aliphatic rings. The first-order chi connectivity index (χ1) is 10.1. The van der Waals surface area contributed by atoms with E-state index in [2.05, 4.69) is 9.55 Å². The topological polar surface area (TPSA) is 27.1 Å². The normalized spacial score (nSPS) is 17.1. The van der Waals surface area contributed by atoms with Crippen molar-refractivity contribution in [2.24, 2.45) is 0 Å². The molecule has 1 aliphatic carbocycles. The molecule has 0 saturated heterocycles. The van der Waals surface area contributed by atoms with E-state index >= 15 is 0 Å². The summed E-state index contributed by atoms with van der Waals surface area (Å²) in [4.78, 5) is 4.63. The molecule has 2 aromatic rings. The molecule has 1 aromatic carbocycles. The van der Waals surface area contributed by atoms with Gasteiger partial charge in [0.25, 0.3) is 0 Å². The molecule has 0 radical (unpaired) electrons. The summed E-state index contributed by atoms with van der Waals surface area (Å²) in [6, 6.07) is 3.36. The molecule has 0 bridgehead atoms. The summed E-state index contributed by atoms with van der Waals surface area (Å²) in [6.07, 6.45) is 3.93. The second kappa shape index (κ2) is 6.01. The van der Waals surface area contributed by atoms with Crippen molar-refractivity contribution in [3.8, 4) is 0 Å². The SMILES string of the molecule is COC1(Cn2c(CCCl)nc3cc(I)c(F)cc32)CCC1. The van der Waals surface area contributed by atoms with Crippen molar-refractivity contribution in [1.82, 2.24) is 9.55 Å². The lowest BCUT2D eigenvalue weighted by atomic mass is 9.80. The van der Waals surface area contributed by atoms with E-state index in [-0.39, 0.29) is 11.4 Å². The highest BCUT2D eigenvalue weighted by Gasteiger charge is 2.38. The van der Waals surface area contributed by atoms with Crippen LogP contribution in [0, 0.1) is 9.39 Å². The van der Waals surface area contributed by atoms with Gasteiger partial charge in [0.05, 0.1) is 26.7 Å². The van der Waals surface area contributed by atoms with Gasteiger partial charge in [0.2, 0.25) is 0 Å². The minimum absolute atomic E-state index is 0.131. The Kier molecular flexibility index (Phi) is 4.43. The number of methoxy groups -OCH3 is 1. The van der Waals surface area contributed by atoms with E-state index in [0.717, 1.165) is 29.7 Å². The average molecular weight is 423 g/mol. The maximum Gasteiger partial charge on any atom is 0.138 e. The molecular formula is C15H17ClFIN2O. The van der Waals surface area contributed by atoms with Gasteiger partial charge in [-0.2, -0.15) is 0 Å². The molecule has 1 fully saturated rings. The van der Waals surface area contributed by atoms with Crippen LogP contribution in [0.2, 0.25) is 0 Å². The zero-order valence-corrected chi connectivity index (χ0v) is 14.7. The molecule has 3 nitrogen and oxygen atoms in total. The standard InChI is InChI=1S/C15H17ClFIN2O/c1-21-15(4-2-5-15)9-20-13-7-10(17)11(18)8-12(13)19-14(20)3-6-16/h7-8H,2-6,9H2,1H3. The second-order valence-corrected chi connectivity index (χ2v) is 7.09. The Balaban J connectivity index is 2.09. The van der Waals surface area contributed by atoms with E-state index in [1.165, 1.54) is 6.42 Å². The molecule has 21 heavy (non-hydrogen) atoms. The third-order valence-corrected chi connectivity index (χ3v) is 5.35. The molecule has 114 valence electrons. The van der Waals surface area contributed by atoms with Crippen molar-refractivity contribution in [3.63, 3.8) is 0 Å². The fourth-order valence-corrected chi connectivity index (χ4v) is 3.53. The third kappa shape index (κ3) is 2.80. The van der Waals surface area contributed by atoms with Crippen LogP contribution in [0.4, 0.5) is 4.39 Å². The van der Waals surface area contributed by atoms with E-state index in [1.807, 2.05) is 22.6 Å². The zero-order chi connectivity index (χ0) is 15.0. The summed E-state index contributed by atoms with van der Waals surface area (Å²) >= 11 is 7.88. The zero-order valence-electron chi connectivity index (χ0n) is 11.8. The second-order valence-electron chi connectivity index (χ2n) is 5.55. The van der Waals surface area contributed by atoms with Crippen LogP contribution in [0.1, 0.15) is 25.1 Å². The highest BCUT2D eigenvalue weighted by Crippen LogP contribution is 2.38. The van der Waals surface area contributed by atoms with Crippen LogP contribution in [-0.2, 0) is 17.7 Å². The Bertz CT molecular complexity index is 664. The molecule has 1 heterocycles. The van der Waals surface area contributed by atoms with Gasteiger partial charge in [-0.25, -0.2) is 9.37 Å². The third-order valence-electron chi connectivity index (χ3n) is 4.33. The van der Waals surface area contributed by atoms with Crippen molar-refractivity contribution in [3.05, 3.63) is 27.3 Å². The van der Waals surface area contributed by atoms with Gasteiger partial charge >= 0.3 is 0 Å². The van der Waals surface area contributed by atoms with E-state index in [4.69, 9.17) is 16.3 Å². The Morgan fingerprint density at radius 1 is 1.48 bits per heavy atom. The number of nitrogens with zero attached hydrogens (tertiary/aromatic N) is 2. The van der Waals surface area contributed by atoms with Gasteiger partial charge in [-0.1, -0.05) is 0 Å². The van der Waals surface area contributed by atoms with Crippen molar-refractivity contribution in [2.45, 2.75) is 37.8 Å². The van der Waals surface area contributed by atoms with Crippen LogP contribution in [0.5, 0.6) is 0 Å². The first-order valence-corrected chi connectivity index (χ1v) is 8.65. The lowest BCUT2D eigenvalue weighted by molar-refractivity contribution is -0.0832. The summed E-state index contributed by atoms with van der Waals surface area (Å²) in [5.74, 6) is 1.20. The number of alkyl halides is 1. The quantitative estimate of drug-likeness (QED) is 0.535. The molecule has 6 heteroatoms. The molecule has 0 unspecified atom stereocenters. The smallest absolute Gasteiger partial charge is 0.138 e. The number of fused-ring (bicyclic) bond motifs is 1. The van der Waals surface area contributed by atoms with Gasteiger partial charge in [0.1, 0.15) is 11.6 Å². The lowest BCUT2D eigenvalue weighted by Crippen LogP contribution is -2.43. The van der Waals surface area contributed by atoms with Crippen molar-refractivity contribution in [2.75, 3.05) is 13.0 Å². The number of benzene rings is 1. The number of aromatic nitrogens is 2. The average Bonchev–Trinajstić information content (AvgIpc) is 2.72. The summed E-state index contributed by atoms with van der Waals surface area (Å²) in [5.41, 5.74) is 1.52. The highest BCUT2D eigenvalue weighted by atomic mass is 127. The molecule has 1 saturated carbocycles. The van der Waals surface area contributed by atoms with Gasteiger partial charge in [-0.05, 0) is 47.9 Å². The van der Waals surface area contributed by atoms with Gasteiger partial charge in [-0.15, -0.1) is 11.6 Å². The fourth-order valence-electron chi connectivity index (χ4n) is 2.91. The number of imidazole rings is 1. The number of hydrogen-bond donors (Lipinski definition) is 0. The number of ether oxygens (including phenoxy) is 1. The number of halogens is 3. The minimum atomic E-state index is -0.207. The monoisotopic (exact) mass is 422 g/mol. The Labute approximate surface area is 142 Å². The van der Waals surface area contributed by atoms with Crippen molar-refractivity contribution in [1.29, 1.82) is 0 Å². The minimum Gasteiger partial charge on any atom is -0.376 e. The number of rotatable bonds is 5. The molecule has 1 aromatic heterocycles. The molecule has 0 aliphatic heterocycles. The van der Waals surface area contributed by atoms with Crippen molar-refractivity contribution >= 4 is 45.2 Å². The number of hydrogen-bond acceptors (Lipinski definition) is 2. The van der Waals surface area contributed by atoms with Crippen LogP contribution < -0.4 is 0 Å². The van der Waals surface area contributed by atoms with E-state index in [9.17, 15) is 4.39 Å². The van der Waals surface area contributed by atoms with Gasteiger partial charge < -0.3 is 9.30 Å². The first kappa shape index (κ1) is 15.5. The van der Waals surface area contributed by atoms with E-state index in [1.54, 1.807) is 19.2 Å². The molecule has 0 N–H and O–H groups in total. The van der Waals surface area contributed by atoms with Crippen molar-refractivity contribution < 1.29 is 9.13 Å². The fraction of sp³-hybridized carbons (Fsp3) is 0.533. The Morgan fingerprint density at radius 3 is 2.81 bits per heavy atom. The molecule has 0 spiro atoms. The van der Waals surface area contributed by atoms with Gasteiger partial charge in [0.15, 0.2) is 0 Å². The largest absolute Gasteiger partial charge is 0.376 e. The summed E-state index contributed by atoms with van der Waals surface area (Å²) in [6.45, 7) is 0.715. The van der Waals surface area contributed by atoms with Gasteiger partial charge in [0, 0.05) is 25.5 Å². The summed E-state index contributed by atoms with van der Waals surface area (Å²) < 4.78 is 22.3. The molecule has 0 amide bonds. The molecule has 0 atom stereocenters. The summed E-state index contributed by atoms with van der Waals surface area (Å²) in [5, 5.41) is 0. The van der Waals surface area contributed by atoms with E-state index < -0.39 is 0 Å². The maximum absolute atomic E-state index is 13.9. The lowest BCUT2D eigenvalue weighted by Gasteiger charge is -2.41. The number of aryl methyl sites for hydroxylation is 1. The highest BCUT2D eigenvalue weighted by molar-refractivity contribution is 14.1. The summed E-state index contributed by atoms with van der Waals surface area (Å²) in [7, 11) is 1.75. The Morgan fingerprint density at radius 2 is 2.24 bits per heavy atom. The predicted molar refractivity (Wildman–Crippen MR) is 90.4 cm³/mol. The first-order valence-electron chi connectivity index (χ1n) is 7.04. The Hall–Kier alpha value is -0.400. The predicted octanol–water partition coefficient (Wildman–Crippen LogP) is 4.13. The maximum atomic E-state index is 13.9. The van der Waals surface area contributed by atoms with E-state index in [0.29, 0.717) is 22.4 Å². The van der Waals surface area contributed by atoms with Crippen LogP contribution in [-0.4, -0.2) is 28.1 Å².